The van der Waals surface area contributed by atoms with E-state index in [-0.39, 0.29) is 5.54 Å². The number of benzene rings is 1. The number of fused-ring (bicyclic) bond motifs is 1. The van der Waals surface area contributed by atoms with Gasteiger partial charge in [-0.1, -0.05) is 25.1 Å². The van der Waals surface area contributed by atoms with Crippen molar-refractivity contribution in [2.45, 2.75) is 38.1 Å². The molecule has 0 bridgehead atoms. The van der Waals surface area contributed by atoms with Gasteiger partial charge in [0.15, 0.2) is 0 Å². The summed E-state index contributed by atoms with van der Waals surface area (Å²) in [4.78, 5) is 4.54. The van der Waals surface area contributed by atoms with Crippen LogP contribution in [0.5, 0.6) is 0 Å². The minimum Gasteiger partial charge on any atom is -0.321 e. The van der Waals surface area contributed by atoms with Gasteiger partial charge in [0.25, 0.3) is 0 Å². The highest BCUT2D eigenvalue weighted by Crippen LogP contribution is 2.37. The Labute approximate surface area is 108 Å². The Morgan fingerprint density at radius 2 is 1.94 bits per heavy atom. The largest absolute Gasteiger partial charge is 0.321 e. The number of para-hydroxylation sites is 1. The van der Waals surface area contributed by atoms with Gasteiger partial charge in [-0.2, -0.15) is 0 Å². The minimum atomic E-state index is -0.163. The summed E-state index contributed by atoms with van der Waals surface area (Å²) in [6.45, 7) is 2.32. The van der Waals surface area contributed by atoms with Crippen molar-refractivity contribution in [1.82, 2.24) is 4.98 Å². The first kappa shape index (κ1) is 11.7. The molecule has 0 saturated heterocycles. The summed E-state index contributed by atoms with van der Waals surface area (Å²) < 4.78 is 0. The molecule has 0 amide bonds. The van der Waals surface area contributed by atoms with Crippen LogP contribution in [0.25, 0.3) is 10.9 Å². The second-order valence-corrected chi connectivity index (χ2v) is 5.76. The molecule has 18 heavy (non-hydrogen) atoms. The zero-order valence-electron chi connectivity index (χ0n) is 10.9. The highest BCUT2D eigenvalue weighted by atomic mass is 14.8. The molecule has 0 atom stereocenters. The molecule has 94 valence electrons. The van der Waals surface area contributed by atoms with Gasteiger partial charge in [0.05, 0.1) is 5.52 Å². The van der Waals surface area contributed by atoms with E-state index in [4.69, 9.17) is 5.73 Å². The Morgan fingerprint density at radius 3 is 2.72 bits per heavy atom. The third-order valence-electron chi connectivity index (χ3n) is 4.33. The maximum atomic E-state index is 6.59. The highest BCUT2D eigenvalue weighted by molar-refractivity contribution is 5.78. The van der Waals surface area contributed by atoms with Crippen LogP contribution < -0.4 is 5.73 Å². The molecule has 0 radical (unpaired) electrons. The van der Waals surface area contributed by atoms with Crippen molar-refractivity contribution >= 4 is 10.9 Å². The van der Waals surface area contributed by atoms with E-state index in [2.05, 4.69) is 30.1 Å². The smallest absolute Gasteiger partial charge is 0.0702 e. The predicted molar refractivity (Wildman–Crippen MR) is 75.2 cm³/mol. The van der Waals surface area contributed by atoms with E-state index in [0.29, 0.717) is 0 Å². The molecule has 2 nitrogen and oxygen atoms in total. The van der Waals surface area contributed by atoms with E-state index in [1.165, 1.54) is 23.8 Å². The molecule has 1 saturated carbocycles. The van der Waals surface area contributed by atoms with Gasteiger partial charge in [-0.05, 0) is 49.3 Å². The second kappa shape index (κ2) is 4.36. The molecule has 1 aliphatic carbocycles. The van der Waals surface area contributed by atoms with Crippen molar-refractivity contribution in [2.24, 2.45) is 11.7 Å². The third kappa shape index (κ3) is 2.01. The highest BCUT2D eigenvalue weighted by Gasteiger charge is 2.32. The van der Waals surface area contributed by atoms with Crippen LogP contribution in [0.1, 0.15) is 38.2 Å². The molecule has 0 spiro atoms. The number of pyridine rings is 1. The van der Waals surface area contributed by atoms with Gasteiger partial charge >= 0.3 is 0 Å². The van der Waals surface area contributed by atoms with Gasteiger partial charge in [-0.25, -0.2) is 0 Å². The maximum Gasteiger partial charge on any atom is 0.0702 e. The zero-order chi connectivity index (χ0) is 12.6. The summed E-state index contributed by atoms with van der Waals surface area (Å²) in [6, 6.07) is 10.5. The molecular weight excluding hydrogens is 220 g/mol. The summed E-state index contributed by atoms with van der Waals surface area (Å²) in [5.41, 5.74) is 8.68. The van der Waals surface area contributed by atoms with Crippen LogP contribution in [0.4, 0.5) is 0 Å². The van der Waals surface area contributed by atoms with Crippen molar-refractivity contribution in [3.63, 3.8) is 0 Å². The standard InChI is InChI=1S/C16H20N2/c1-12-6-8-16(17,9-7-12)14-10-13-4-2-3-5-15(13)18-11-14/h2-5,10-12H,6-9,17H2,1H3. The lowest BCUT2D eigenvalue weighted by Crippen LogP contribution is -2.40. The zero-order valence-corrected chi connectivity index (χ0v) is 10.9. The van der Waals surface area contributed by atoms with Crippen molar-refractivity contribution in [3.05, 3.63) is 42.1 Å². The predicted octanol–water partition coefficient (Wildman–Crippen LogP) is 3.60. The summed E-state index contributed by atoms with van der Waals surface area (Å²) >= 11 is 0. The van der Waals surface area contributed by atoms with Crippen LogP contribution in [-0.2, 0) is 5.54 Å². The summed E-state index contributed by atoms with van der Waals surface area (Å²) in [6.07, 6.45) is 6.58. The summed E-state index contributed by atoms with van der Waals surface area (Å²) in [5, 5.41) is 1.19. The van der Waals surface area contributed by atoms with Gasteiger partial charge in [0, 0.05) is 17.1 Å². The Balaban J connectivity index is 1.98. The van der Waals surface area contributed by atoms with E-state index in [9.17, 15) is 0 Å². The average Bonchev–Trinajstić information content (AvgIpc) is 2.42. The van der Waals surface area contributed by atoms with Gasteiger partial charge in [-0.3, -0.25) is 4.98 Å². The Kier molecular flexibility index (Phi) is 2.83. The van der Waals surface area contributed by atoms with Crippen molar-refractivity contribution in [1.29, 1.82) is 0 Å². The fraction of sp³-hybridized carbons (Fsp3) is 0.438. The SMILES string of the molecule is CC1CCC(N)(c2cnc3ccccc3c2)CC1. The molecule has 1 fully saturated rings. The molecule has 1 aromatic carbocycles. The third-order valence-corrected chi connectivity index (χ3v) is 4.33. The molecule has 1 heterocycles. The van der Waals surface area contributed by atoms with Crippen LogP contribution >= 0.6 is 0 Å². The first-order valence-corrected chi connectivity index (χ1v) is 6.81. The molecule has 0 unspecified atom stereocenters. The summed E-state index contributed by atoms with van der Waals surface area (Å²) in [7, 11) is 0. The number of aromatic nitrogens is 1. The van der Waals surface area contributed by atoms with E-state index in [1.807, 2.05) is 18.3 Å². The van der Waals surface area contributed by atoms with Crippen LogP contribution in [0.3, 0.4) is 0 Å². The number of nitrogens with zero attached hydrogens (tertiary/aromatic N) is 1. The Morgan fingerprint density at radius 1 is 1.22 bits per heavy atom. The fourth-order valence-corrected chi connectivity index (χ4v) is 2.91. The van der Waals surface area contributed by atoms with Crippen molar-refractivity contribution < 1.29 is 0 Å². The van der Waals surface area contributed by atoms with Crippen molar-refractivity contribution in [2.75, 3.05) is 0 Å². The monoisotopic (exact) mass is 240 g/mol. The molecule has 2 heteroatoms. The van der Waals surface area contributed by atoms with Crippen molar-refractivity contribution in [3.8, 4) is 0 Å². The van der Waals surface area contributed by atoms with Gasteiger partial charge in [0.1, 0.15) is 0 Å². The lowest BCUT2D eigenvalue weighted by atomic mass is 9.74. The van der Waals surface area contributed by atoms with E-state index in [0.717, 1.165) is 24.3 Å². The first-order chi connectivity index (χ1) is 8.67. The molecule has 1 aliphatic rings. The maximum absolute atomic E-state index is 6.59. The fourth-order valence-electron chi connectivity index (χ4n) is 2.91. The first-order valence-electron chi connectivity index (χ1n) is 6.81. The quantitative estimate of drug-likeness (QED) is 0.827. The minimum absolute atomic E-state index is 0.163. The lowest BCUT2D eigenvalue weighted by Gasteiger charge is -2.36. The molecule has 3 rings (SSSR count). The topological polar surface area (TPSA) is 38.9 Å². The van der Waals surface area contributed by atoms with E-state index < -0.39 is 0 Å². The number of hydrogen-bond donors (Lipinski definition) is 1. The molecular formula is C16H20N2. The van der Waals surface area contributed by atoms with Crippen LogP contribution in [0, 0.1) is 5.92 Å². The van der Waals surface area contributed by atoms with Gasteiger partial charge in [-0.15, -0.1) is 0 Å². The molecule has 2 aromatic rings. The number of hydrogen-bond acceptors (Lipinski definition) is 2. The van der Waals surface area contributed by atoms with E-state index >= 15 is 0 Å². The Hall–Kier alpha value is -1.41. The number of rotatable bonds is 1. The molecule has 0 aliphatic heterocycles. The number of nitrogens with two attached hydrogens (primary N) is 1. The molecule has 2 N–H and O–H groups in total. The van der Waals surface area contributed by atoms with Crippen LogP contribution in [0.15, 0.2) is 36.5 Å². The lowest BCUT2D eigenvalue weighted by molar-refractivity contribution is 0.247. The molecule has 1 aromatic heterocycles. The van der Waals surface area contributed by atoms with Crippen LogP contribution in [-0.4, -0.2) is 4.98 Å². The average molecular weight is 240 g/mol. The Bertz CT molecular complexity index is 554. The summed E-state index contributed by atoms with van der Waals surface area (Å²) in [5.74, 6) is 0.815. The second-order valence-electron chi connectivity index (χ2n) is 5.76. The van der Waals surface area contributed by atoms with Gasteiger partial charge < -0.3 is 5.73 Å². The van der Waals surface area contributed by atoms with E-state index in [1.54, 1.807) is 0 Å². The van der Waals surface area contributed by atoms with Crippen LogP contribution in [0.2, 0.25) is 0 Å². The van der Waals surface area contributed by atoms with Gasteiger partial charge in [0.2, 0.25) is 0 Å². The normalized spacial score (nSPS) is 28.4.